The van der Waals surface area contributed by atoms with Gasteiger partial charge in [0.25, 0.3) is 15.5 Å². The van der Waals surface area contributed by atoms with Crippen LogP contribution >= 0.6 is 10.7 Å². The lowest BCUT2D eigenvalue weighted by Gasteiger charge is -2.08. The van der Waals surface area contributed by atoms with Gasteiger partial charge < -0.3 is 5.73 Å². The average molecular weight is 268 g/mol. The zero-order chi connectivity index (χ0) is 12.5. The Balaban J connectivity index is 3.69. The lowest BCUT2D eigenvalue weighted by molar-refractivity contribution is 0.148. The molecule has 0 bridgehead atoms. The minimum atomic E-state index is -4.41. The highest BCUT2D eigenvalue weighted by molar-refractivity contribution is 8.13. The molecule has 9 heteroatoms. The molecule has 0 unspecified atom stereocenters. The zero-order valence-electron chi connectivity index (χ0n) is 7.49. The van der Waals surface area contributed by atoms with E-state index in [1.807, 2.05) is 0 Å². The van der Waals surface area contributed by atoms with Crippen LogP contribution in [0.2, 0.25) is 0 Å². The van der Waals surface area contributed by atoms with Gasteiger partial charge in [0.05, 0.1) is 10.5 Å². The van der Waals surface area contributed by atoms with Gasteiger partial charge in [-0.2, -0.15) is 5.26 Å². The molecule has 0 aliphatic carbocycles. The fourth-order valence-electron chi connectivity index (χ4n) is 1.03. The van der Waals surface area contributed by atoms with E-state index in [2.05, 4.69) is 4.98 Å². The van der Waals surface area contributed by atoms with Crippen LogP contribution in [0.3, 0.4) is 0 Å². The standard InChI is InChI=1S/C7H4ClF2N3O2S/c8-16(14,15)4-1-3(2-11)13-7(12)5(4)6(9)10/h1,6H,(H2,12,13). The smallest absolute Gasteiger partial charge is 0.268 e. The number of nitrogens with zero attached hydrogens (tertiary/aromatic N) is 2. The van der Waals surface area contributed by atoms with Gasteiger partial charge in [0, 0.05) is 10.7 Å². The molecule has 86 valence electrons. The molecule has 0 saturated carbocycles. The van der Waals surface area contributed by atoms with Gasteiger partial charge >= 0.3 is 0 Å². The molecular weight excluding hydrogens is 264 g/mol. The van der Waals surface area contributed by atoms with Crippen molar-refractivity contribution in [3.63, 3.8) is 0 Å². The Morgan fingerprint density at radius 2 is 2.12 bits per heavy atom. The maximum Gasteiger partial charge on any atom is 0.268 e. The lowest BCUT2D eigenvalue weighted by atomic mass is 10.2. The van der Waals surface area contributed by atoms with Crippen molar-refractivity contribution in [2.24, 2.45) is 0 Å². The van der Waals surface area contributed by atoms with E-state index in [-0.39, 0.29) is 0 Å². The van der Waals surface area contributed by atoms with Crippen molar-refractivity contribution >= 4 is 25.6 Å². The minimum Gasteiger partial charge on any atom is -0.383 e. The first-order valence-corrected chi connectivity index (χ1v) is 6.01. The Labute approximate surface area is 93.9 Å². The number of alkyl halides is 2. The topological polar surface area (TPSA) is 96.8 Å². The van der Waals surface area contributed by atoms with Crippen LogP contribution < -0.4 is 5.73 Å². The van der Waals surface area contributed by atoms with E-state index >= 15 is 0 Å². The maximum absolute atomic E-state index is 12.5. The highest BCUT2D eigenvalue weighted by atomic mass is 35.7. The number of anilines is 1. The summed E-state index contributed by atoms with van der Waals surface area (Å²) in [5.74, 6) is -0.728. The Kier molecular flexibility index (Phi) is 3.30. The van der Waals surface area contributed by atoms with Gasteiger partial charge in [-0.3, -0.25) is 0 Å². The molecule has 1 aromatic heterocycles. The Morgan fingerprint density at radius 3 is 2.50 bits per heavy atom. The summed E-state index contributed by atoms with van der Waals surface area (Å²) in [4.78, 5) is 2.41. The van der Waals surface area contributed by atoms with Crippen LogP contribution in [0, 0.1) is 11.3 Å². The summed E-state index contributed by atoms with van der Waals surface area (Å²) in [5.41, 5.74) is 3.74. The number of nitrogen functional groups attached to an aromatic ring is 1. The number of nitrogens with two attached hydrogens (primary N) is 1. The van der Waals surface area contributed by atoms with E-state index in [1.165, 1.54) is 6.07 Å². The number of rotatable bonds is 2. The van der Waals surface area contributed by atoms with Gasteiger partial charge in [0.15, 0.2) is 0 Å². The first-order valence-electron chi connectivity index (χ1n) is 3.70. The summed E-state index contributed by atoms with van der Waals surface area (Å²) >= 11 is 0. The summed E-state index contributed by atoms with van der Waals surface area (Å²) in [6.45, 7) is 0. The summed E-state index contributed by atoms with van der Waals surface area (Å²) < 4.78 is 47.1. The molecule has 0 fully saturated rings. The van der Waals surface area contributed by atoms with Gasteiger partial charge in [-0.1, -0.05) is 0 Å². The van der Waals surface area contributed by atoms with E-state index < -0.39 is 37.4 Å². The second kappa shape index (κ2) is 4.19. The van der Waals surface area contributed by atoms with Crippen LogP contribution in [0.15, 0.2) is 11.0 Å². The van der Waals surface area contributed by atoms with Crippen LogP contribution in [-0.2, 0) is 9.05 Å². The summed E-state index contributed by atoms with van der Waals surface area (Å²) in [7, 11) is 0.542. The fourth-order valence-corrected chi connectivity index (χ4v) is 2.12. The molecular formula is C7H4ClF2N3O2S. The summed E-state index contributed by atoms with van der Waals surface area (Å²) in [5, 5.41) is 8.49. The third-order valence-corrected chi connectivity index (χ3v) is 3.01. The molecule has 0 spiro atoms. The molecule has 0 aliphatic rings. The van der Waals surface area contributed by atoms with E-state index in [0.717, 1.165) is 0 Å². The fraction of sp³-hybridized carbons (Fsp3) is 0.143. The van der Waals surface area contributed by atoms with Crippen LogP contribution in [0.5, 0.6) is 0 Å². The first kappa shape index (κ1) is 12.6. The number of pyridine rings is 1. The lowest BCUT2D eigenvalue weighted by Crippen LogP contribution is -2.07. The van der Waals surface area contributed by atoms with Gasteiger partial charge in [-0.25, -0.2) is 22.2 Å². The normalized spacial score (nSPS) is 11.4. The van der Waals surface area contributed by atoms with Gasteiger partial charge in [0.1, 0.15) is 17.6 Å². The van der Waals surface area contributed by atoms with E-state index in [0.29, 0.717) is 6.07 Å². The van der Waals surface area contributed by atoms with Crippen LogP contribution in [0.1, 0.15) is 17.7 Å². The number of nitriles is 1. The van der Waals surface area contributed by atoms with Crippen molar-refractivity contribution in [1.82, 2.24) is 4.98 Å². The van der Waals surface area contributed by atoms with Gasteiger partial charge in [-0.15, -0.1) is 0 Å². The Bertz CT molecular complexity index is 568. The Hall–Kier alpha value is -1.46. The molecule has 0 aliphatic heterocycles. The molecule has 0 atom stereocenters. The van der Waals surface area contributed by atoms with E-state index in [1.54, 1.807) is 0 Å². The maximum atomic E-state index is 12.5. The SMILES string of the molecule is N#Cc1cc(S(=O)(=O)Cl)c(C(F)F)c(N)n1. The second-order valence-electron chi connectivity index (χ2n) is 2.65. The number of aromatic nitrogens is 1. The summed E-state index contributed by atoms with van der Waals surface area (Å²) in [6, 6.07) is 2.14. The van der Waals surface area contributed by atoms with Crippen molar-refractivity contribution in [2.75, 3.05) is 5.73 Å². The molecule has 16 heavy (non-hydrogen) atoms. The van der Waals surface area contributed by atoms with Gasteiger partial charge in [0.2, 0.25) is 0 Å². The molecule has 1 aromatic rings. The molecule has 1 rings (SSSR count). The Morgan fingerprint density at radius 1 is 1.56 bits per heavy atom. The van der Waals surface area contributed by atoms with Gasteiger partial charge in [-0.05, 0) is 6.07 Å². The zero-order valence-corrected chi connectivity index (χ0v) is 9.06. The van der Waals surface area contributed by atoms with Crippen molar-refractivity contribution in [3.8, 4) is 6.07 Å². The molecule has 0 radical (unpaired) electrons. The largest absolute Gasteiger partial charge is 0.383 e. The number of hydrogen-bond acceptors (Lipinski definition) is 5. The molecule has 0 aromatic carbocycles. The third-order valence-electron chi connectivity index (χ3n) is 1.65. The first-order chi connectivity index (χ1) is 7.27. The van der Waals surface area contributed by atoms with Crippen molar-refractivity contribution in [3.05, 3.63) is 17.3 Å². The van der Waals surface area contributed by atoms with Crippen molar-refractivity contribution in [1.29, 1.82) is 5.26 Å². The predicted molar refractivity (Wildman–Crippen MR) is 51.4 cm³/mol. The number of hydrogen-bond donors (Lipinski definition) is 1. The van der Waals surface area contributed by atoms with Crippen molar-refractivity contribution in [2.45, 2.75) is 11.3 Å². The molecule has 0 saturated heterocycles. The highest BCUT2D eigenvalue weighted by Crippen LogP contribution is 2.32. The van der Waals surface area contributed by atoms with Crippen LogP contribution in [0.4, 0.5) is 14.6 Å². The highest BCUT2D eigenvalue weighted by Gasteiger charge is 2.26. The molecule has 2 N–H and O–H groups in total. The van der Waals surface area contributed by atoms with Crippen LogP contribution in [0.25, 0.3) is 0 Å². The quantitative estimate of drug-likeness (QED) is 0.817. The van der Waals surface area contributed by atoms with E-state index in [9.17, 15) is 17.2 Å². The third kappa shape index (κ3) is 2.37. The van der Waals surface area contributed by atoms with E-state index in [4.69, 9.17) is 21.7 Å². The van der Waals surface area contributed by atoms with Crippen LogP contribution in [-0.4, -0.2) is 13.4 Å². The minimum absolute atomic E-state index is 0.402. The molecule has 5 nitrogen and oxygen atoms in total. The van der Waals surface area contributed by atoms with Crippen molar-refractivity contribution < 1.29 is 17.2 Å². The average Bonchev–Trinajstić information content (AvgIpc) is 2.14. The second-order valence-corrected chi connectivity index (χ2v) is 5.19. The molecule has 0 amide bonds. The monoisotopic (exact) mass is 267 g/mol. The summed E-state index contributed by atoms with van der Waals surface area (Å²) in [6.07, 6.45) is -3.15. The predicted octanol–water partition coefficient (Wildman–Crippen LogP) is 1.40. The molecule has 1 heterocycles. The number of halogens is 3.